The molecule has 0 heterocycles. The average Bonchev–Trinajstić information content (AvgIpc) is 2.37. The molecule has 0 aliphatic heterocycles. The van der Waals surface area contributed by atoms with E-state index in [-0.39, 0.29) is 11.2 Å². The van der Waals surface area contributed by atoms with Crippen LogP contribution in [0.3, 0.4) is 0 Å². The van der Waals surface area contributed by atoms with Crippen LogP contribution in [0.2, 0.25) is 0 Å². The number of hydrogen-bond acceptors (Lipinski definition) is 2. The van der Waals surface area contributed by atoms with Crippen molar-refractivity contribution in [2.24, 2.45) is 0 Å². The lowest BCUT2D eigenvalue weighted by Crippen LogP contribution is -2.49. The normalized spacial score (nSPS) is 17.1. The predicted octanol–water partition coefficient (Wildman–Crippen LogP) is 3.61. The Bertz CT molecular complexity index is 504. The summed E-state index contributed by atoms with van der Waals surface area (Å²) in [5, 5.41) is 5.34. The second-order valence-electron chi connectivity index (χ2n) is 5.49. The molecule has 1 aromatic carbocycles. The summed E-state index contributed by atoms with van der Waals surface area (Å²) in [6.07, 6.45) is -0.353. The highest BCUT2D eigenvalue weighted by molar-refractivity contribution is 5.94. The van der Waals surface area contributed by atoms with Gasteiger partial charge in [-0.15, -0.1) is 0 Å². The third kappa shape index (κ3) is 3.97. The van der Waals surface area contributed by atoms with Gasteiger partial charge in [0, 0.05) is 17.8 Å². The minimum absolute atomic E-state index is 0.163. The van der Waals surface area contributed by atoms with E-state index >= 15 is 0 Å². The van der Waals surface area contributed by atoms with Gasteiger partial charge in [-0.1, -0.05) is 19.1 Å². The summed E-state index contributed by atoms with van der Waals surface area (Å²) in [6, 6.07) is 6.49. The van der Waals surface area contributed by atoms with Gasteiger partial charge in [-0.05, 0) is 43.4 Å². The maximum Gasteiger partial charge on any atom is 0.471 e. The van der Waals surface area contributed by atoms with E-state index < -0.39 is 12.1 Å². The van der Waals surface area contributed by atoms with Crippen LogP contribution in [-0.4, -0.2) is 17.6 Å². The van der Waals surface area contributed by atoms with Crippen LogP contribution < -0.4 is 10.6 Å². The number of carbonyl (C=O) groups excluding carboxylic acids is 1. The van der Waals surface area contributed by atoms with Gasteiger partial charge in [-0.25, -0.2) is 0 Å². The Kier molecular flexibility index (Phi) is 4.56. The Morgan fingerprint density at radius 1 is 1.33 bits per heavy atom. The van der Waals surface area contributed by atoms with Crippen LogP contribution in [0.1, 0.15) is 38.2 Å². The first-order valence-electron chi connectivity index (χ1n) is 7.07. The molecule has 1 amide bonds. The van der Waals surface area contributed by atoms with Crippen LogP contribution in [0.4, 0.5) is 18.9 Å². The fraction of sp³-hybridized carbons (Fsp3) is 0.533. The fourth-order valence-corrected chi connectivity index (χ4v) is 2.51. The maximum atomic E-state index is 12.2. The average molecular weight is 300 g/mol. The van der Waals surface area contributed by atoms with Crippen LogP contribution in [0.5, 0.6) is 0 Å². The van der Waals surface area contributed by atoms with E-state index in [0.29, 0.717) is 6.54 Å². The van der Waals surface area contributed by atoms with E-state index in [1.165, 1.54) is 12.5 Å². The number of carbonyl (C=O) groups is 1. The molecule has 21 heavy (non-hydrogen) atoms. The van der Waals surface area contributed by atoms with Gasteiger partial charge in [0.1, 0.15) is 0 Å². The minimum Gasteiger partial charge on any atom is -0.318 e. The maximum absolute atomic E-state index is 12.2. The molecule has 0 aromatic heterocycles. The van der Waals surface area contributed by atoms with Crippen molar-refractivity contribution in [2.45, 2.75) is 50.9 Å². The molecule has 0 spiro atoms. The number of nitrogens with one attached hydrogen (secondary N) is 2. The van der Waals surface area contributed by atoms with Crippen molar-refractivity contribution in [3.63, 3.8) is 0 Å². The topological polar surface area (TPSA) is 41.1 Å². The van der Waals surface area contributed by atoms with E-state index in [4.69, 9.17) is 0 Å². The third-order valence-corrected chi connectivity index (χ3v) is 4.10. The van der Waals surface area contributed by atoms with Crippen molar-refractivity contribution in [1.82, 2.24) is 5.32 Å². The standard InChI is InChI=1S/C15H19F3N2O/c1-2-14(7-4-8-14)19-10-11-5-3-6-12(9-11)20-13(21)15(16,17)18/h3,5-6,9,19H,2,4,7-8,10H2,1H3,(H,20,21). The summed E-state index contributed by atoms with van der Waals surface area (Å²) >= 11 is 0. The summed E-state index contributed by atoms with van der Waals surface area (Å²) in [5.74, 6) is -1.95. The van der Waals surface area contributed by atoms with Crippen molar-refractivity contribution in [2.75, 3.05) is 5.32 Å². The Balaban J connectivity index is 1.96. The molecule has 1 fully saturated rings. The molecule has 0 radical (unpaired) electrons. The Labute approximate surface area is 121 Å². The smallest absolute Gasteiger partial charge is 0.318 e. The van der Waals surface area contributed by atoms with E-state index in [1.54, 1.807) is 12.1 Å². The van der Waals surface area contributed by atoms with Crippen LogP contribution in [0, 0.1) is 0 Å². The molecular formula is C15H19F3N2O. The van der Waals surface area contributed by atoms with Gasteiger partial charge in [-0.2, -0.15) is 13.2 Å². The highest BCUT2D eigenvalue weighted by atomic mass is 19.4. The quantitative estimate of drug-likeness (QED) is 0.872. The molecule has 0 saturated heterocycles. The number of rotatable bonds is 5. The summed E-state index contributed by atoms with van der Waals surface area (Å²) in [7, 11) is 0. The van der Waals surface area contributed by atoms with Gasteiger partial charge in [0.2, 0.25) is 0 Å². The number of amides is 1. The highest BCUT2D eigenvalue weighted by Crippen LogP contribution is 2.34. The van der Waals surface area contributed by atoms with Gasteiger partial charge >= 0.3 is 12.1 Å². The molecule has 1 aliphatic rings. The zero-order valence-electron chi connectivity index (χ0n) is 11.9. The van der Waals surface area contributed by atoms with Crippen molar-refractivity contribution < 1.29 is 18.0 Å². The monoisotopic (exact) mass is 300 g/mol. The number of anilines is 1. The lowest BCUT2D eigenvalue weighted by Gasteiger charge is -2.42. The third-order valence-electron chi connectivity index (χ3n) is 4.10. The first-order chi connectivity index (χ1) is 9.85. The zero-order chi connectivity index (χ0) is 15.5. The molecule has 1 saturated carbocycles. The molecule has 2 N–H and O–H groups in total. The van der Waals surface area contributed by atoms with Crippen LogP contribution >= 0.6 is 0 Å². The summed E-state index contributed by atoms with van der Waals surface area (Å²) in [5.41, 5.74) is 1.19. The van der Waals surface area contributed by atoms with Crippen molar-refractivity contribution in [3.8, 4) is 0 Å². The van der Waals surface area contributed by atoms with E-state index in [2.05, 4.69) is 12.2 Å². The lowest BCUT2D eigenvalue weighted by atomic mass is 9.75. The van der Waals surface area contributed by atoms with Crippen molar-refractivity contribution >= 4 is 11.6 Å². The zero-order valence-corrected chi connectivity index (χ0v) is 11.9. The van der Waals surface area contributed by atoms with Gasteiger partial charge < -0.3 is 10.6 Å². The molecule has 0 unspecified atom stereocenters. The van der Waals surface area contributed by atoms with Crippen molar-refractivity contribution in [3.05, 3.63) is 29.8 Å². The lowest BCUT2D eigenvalue weighted by molar-refractivity contribution is -0.167. The van der Waals surface area contributed by atoms with Crippen LogP contribution in [-0.2, 0) is 11.3 Å². The van der Waals surface area contributed by atoms with Gasteiger partial charge in [0.05, 0.1) is 0 Å². The fourth-order valence-electron chi connectivity index (χ4n) is 2.51. The SMILES string of the molecule is CCC1(NCc2cccc(NC(=O)C(F)(F)F)c2)CCC1. The predicted molar refractivity (Wildman–Crippen MR) is 74.8 cm³/mol. The number of benzene rings is 1. The van der Waals surface area contributed by atoms with E-state index in [0.717, 1.165) is 24.8 Å². The largest absolute Gasteiger partial charge is 0.471 e. The first kappa shape index (κ1) is 15.8. The minimum atomic E-state index is -4.87. The molecule has 116 valence electrons. The summed E-state index contributed by atoms with van der Waals surface area (Å²) in [4.78, 5) is 10.9. The highest BCUT2D eigenvalue weighted by Gasteiger charge is 2.38. The molecule has 3 nitrogen and oxygen atoms in total. The Morgan fingerprint density at radius 2 is 2.05 bits per heavy atom. The molecule has 0 bridgehead atoms. The Morgan fingerprint density at radius 3 is 2.57 bits per heavy atom. The molecule has 6 heteroatoms. The van der Waals surface area contributed by atoms with Gasteiger partial charge in [0.15, 0.2) is 0 Å². The second-order valence-corrected chi connectivity index (χ2v) is 5.49. The Hall–Kier alpha value is -1.56. The first-order valence-corrected chi connectivity index (χ1v) is 7.07. The van der Waals surface area contributed by atoms with Gasteiger partial charge in [0.25, 0.3) is 0 Å². The number of halogens is 3. The second kappa shape index (κ2) is 6.05. The number of alkyl halides is 3. The summed E-state index contributed by atoms with van der Waals surface area (Å²) < 4.78 is 36.6. The molecule has 2 rings (SSSR count). The molecule has 1 aromatic rings. The number of hydrogen-bond donors (Lipinski definition) is 2. The van der Waals surface area contributed by atoms with E-state index in [1.807, 2.05) is 11.4 Å². The van der Waals surface area contributed by atoms with Crippen LogP contribution in [0.15, 0.2) is 24.3 Å². The summed E-state index contributed by atoms with van der Waals surface area (Å²) in [6.45, 7) is 2.72. The van der Waals surface area contributed by atoms with Gasteiger partial charge in [-0.3, -0.25) is 4.79 Å². The molecular weight excluding hydrogens is 281 g/mol. The van der Waals surface area contributed by atoms with Crippen molar-refractivity contribution in [1.29, 1.82) is 0 Å². The molecule has 1 aliphatic carbocycles. The van der Waals surface area contributed by atoms with Crippen LogP contribution in [0.25, 0.3) is 0 Å². The molecule has 0 atom stereocenters. The van der Waals surface area contributed by atoms with E-state index in [9.17, 15) is 18.0 Å².